The van der Waals surface area contributed by atoms with E-state index in [1.54, 1.807) is 6.08 Å². The number of carbonyl (C=O) groups is 1. The normalized spacial score (nSPS) is 16.1. The molecule has 2 heterocycles. The van der Waals surface area contributed by atoms with Crippen molar-refractivity contribution in [1.29, 1.82) is 0 Å². The highest BCUT2D eigenvalue weighted by molar-refractivity contribution is 5.85. The fourth-order valence-electron chi connectivity index (χ4n) is 3.00. The molecule has 2 aromatic rings. The summed E-state index contributed by atoms with van der Waals surface area (Å²) in [6, 6.07) is 13.9. The van der Waals surface area contributed by atoms with Crippen LogP contribution >= 0.6 is 0 Å². The maximum Gasteiger partial charge on any atom is 0.328 e. The van der Waals surface area contributed by atoms with Crippen molar-refractivity contribution in [3.8, 4) is 11.3 Å². The van der Waals surface area contributed by atoms with Crippen LogP contribution in [0.1, 0.15) is 12.0 Å². The molecular weight excluding hydrogens is 314 g/mol. The van der Waals surface area contributed by atoms with Crippen LogP contribution in [-0.4, -0.2) is 54.2 Å². The number of hydrogen-bond acceptors (Lipinski definition) is 4. The summed E-state index contributed by atoms with van der Waals surface area (Å²) in [5.74, 6) is 0.0518. The quantitative estimate of drug-likeness (QED) is 0.869. The predicted octanol–water partition coefficient (Wildman–Crippen LogP) is 2.99. The second kappa shape index (κ2) is 7.94. The second-order valence-corrected chi connectivity index (χ2v) is 6.32. The van der Waals surface area contributed by atoms with Crippen molar-refractivity contribution in [2.75, 3.05) is 38.1 Å². The van der Waals surface area contributed by atoms with Crippen LogP contribution in [0.4, 0.5) is 5.82 Å². The molecule has 5 nitrogen and oxygen atoms in total. The molecule has 0 spiro atoms. The van der Waals surface area contributed by atoms with Gasteiger partial charge in [0.2, 0.25) is 0 Å². The van der Waals surface area contributed by atoms with Crippen LogP contribution in [0.5, 0.6) is 0 Å². The van der Waals surface area contributed by atoms with Crippen molar-refractivity contribution in [2.45, 2.75) is 6.42 Å². The molecular formula is C20H23N3O2. The Labute approximate surface area is 148 Å². The van der Waals surface area contributed by atoms with Gasteiger partial charge in [-0.05, 0) is 49.9 Å². The van der Waals surface area contributed by atoms with E-state index in [2.05, 4.69) is 22.9 Å². The van der Waals surface area contributed by atoms with Crippen LogP contribution < -0.4 is 4.90 Å². The average Bonchev–Trinajstić information content (AvgIpc) is 2.85. The van der Waals surface area contributed by atoms with Crippen molar-refractivity contribution >= 4 is 17.9 Å². The van der Waals surface area contributed by atoms with Gasteiger partial charge in [0.05, 0.1) is 5.69 Å². The van der Waals surface area contributed by atoms with Crippen LogP contribution in [0.25, 0.3) is 17.3 Å². The number of carboxylic acid groups (broad SMARTS) is 1. The third-order valence-corrected chi connectivity index (χ3v) is 4.38. The first kappa shape index (κ1) is 17.2. The van der Waals surface area contributed by atoms with E-state index in [0.717, 1.165) is 61.3 Å². The molecule has 1 fully saturated rings. The van der Waals surface area contributed by atoms with Crippen LogP contribution in [0, 0.1) is 0 Å². The van der Waals surface area contributed by atoms with Gasteiger partial charge in [0, 0.05) is 31.3 Å². The maximum atomic E-state index is 10.7. The Morgan fingerprint density at radius 3 is 2.80 bits per heavy atom. The van der Waals surface area contributed by atoms with Gasteiger partial charge in [-0.25, -0.2) is 9.78 Å². The lowest BCUT2D eigenvalue weighted by molar-refractivity contribution is -0.131. The fourth-order valence-corrected chi connectivity index (χ4v) is 3.00. The molecule has 1 aromatic heterocycles. The molecule has 0 bridgehead atoms. The first-order chi connectivity index (χ1) is 12.1. The largest absolute Gasteiger partial charge is 0.478 e. The van der Waals surface area contributed by atoms with Gasteiger partial charge in [-0.3, -0.25) is 0 Å². The summed E-state index contributed by atoms with van der Waals surface area (Å²) in [7, 11) is 2.16. The number of likely N-dealkylation sites (N-methyl/N-ethyl adjacent to an activating group) is 1. The zero-order chi connectivity index (χ0) is 17.6. The highest BCUT2D eigenvalue weighted by atomic mass is 16.4. The molecule has 130 valence electrons. The molecule has 1 N–H and O–H groups in total. The Hall–Kier alpha value is -2.66. The van der Waals surface area contributed by atoms with E-state index < -0.39 is 5.97 Å². The Morgan fingerprint density at radius 2 is 1.96 bits per heavy atom. The molecule has 0 atom stereocenters. The topological polar surface area (TPSA) is 56.7 Å². The molecule has 3 rings (SSSR count). The van der Waals surface area contributed by atoms with Crippen molar-refractivity contribution in [1.82, 2.24) is 9.88 Å². The lowest BCUT2D eigenvalue weighted by atomic mass is 10.1. The number of carboxylic acids is 1. The summed E-state index contributed by atoms with van der Waals surface area (Å²) in [5.41, 5.74) is 2.74. The summed E-state index contributed by atoms with van der Waals surface area (Å²) in [6.45, 7) is 4.16. The summed E-state index contributed by atoms with van der Waals surface area (Å²) in [5, 5.41) is 8.78. The minimum Gasteiger partial charge on any atom is -0.478 e. The van der Waals surface area contributed by atoms with Gasteiger partial charge in [0.25, 0.3) is 0 Å². The zero-order valence-electron chi connectivity index (χ0n) is 14.4. The maximum absolute atomic E-state index is 10.7. The van der Waals surface area contributed by atoms with Crippen LogP contribution in [-0.2, 0) is 4.79 Å². The Balaban J connectivity index is 1.84. The van der Waals surface area contributed by atoms with Gasteiger partial charge in [-0.15, -0.1) is 0 Å². The van der Waals surface area contributed by atoms with Crippen molar-refractivity contribution in [3.63, 3.8) is 0 Å². The molecule has 25 heavy (non-hydrogen) atoms. The molecule has 1 saturated heterocycles. The summed E-state index contributed by atoms with van der Waals surface area (Å²) < 4.78 is 0. The third kappa shape index (κ3) is 4.67. The molecule has 1 aliphatic rings. The van der Waals surface area contributed by atoms with E-state index >= 15 is 0 Å². The van der Waals surface area contributed by atoms with Crippen molar-refractivity contribution in [2.24, 2.45) is 0 Å². The van der Waals surface area contributed by atoms with E-state index in [4.69, 9.17) is 10.1 Å². The van der Waals surface area contributed by atoms with Gasteiger partial charge in [-0.2, -0.15) is 0 Å². The molecule has 0 radical (unpaired) electrons. The van der Waals surface area contributed by atoms with Gasteiger partial charge >= 0.3 is 5.97 Å². The van der Waals surface area contributed by atoms with E-state index in [1.165, 1.54) is 0 Å². The summed E-state index contributed by atoms with van der Waals surface area (Å²) in [6.07, 6.45) is 3.88. The molecule has 0 unspecified atom stereocenters. The number of benzene rings is 1. The Morgan fingerprint density at radius 1 is 1.12 bits per heavy atom. The number of aliphatic carboxylic acids is 1. The van der Waals surface area contributed by atoms with Gasteiger partial charge < -0.3 is 14.9 Å². The van der Waals surface area contributed by atoms with Crippen LogP contribution in [0.2, 0.25) is 0 Å². The van der Waals surface area contributed by atoms with E-state index in [0.29, 0.717) is 0 Å². The number of aromatic nitrogens is 1. The third-order valence-electron chi connectivity index (χ3n) is 4.38. The number of rotatable bonds is 4. The lowest BCUT2D eigenvalue weighted by Gasteiger charge is -2.22. The zero-order valence-corrected chi connectivity index (χ0v) is 14.4. The number of pyridine rings is 1. The Bertz CT molecular complexity index is 773. The van der Waals surface area contributed by atoms with Gasteiger partial charge in [0.1, 0.15) is 5.82 Å². The average molecular weight is 337 g/mol. The van der Waals surface area contributed by atoms with Gasteiger partial charge in [-0.1, -0.05) is 24.3 Å². The van der Waals surface area contributed by atoms with Crippen molar-refractivity contribution < 1.29 is 9.90 Å². The molecule has 0 saturated carbocycles. The highest BCUT2D eigenvalue weighted by Gasteiger charge is 2.14. The summed E-state index contributed by atoms with van der Waals surface area (Å²) in [4.78, 5) is 20.2. The molecule has 1 aromatic carbocycles. The first-order valence-electron chi connectivity index (χ1n) is 8.54. The number of nitrogens with zero attached hydrogens (tertiary/aromatic N) is 3. The van der Waals surface area contributed by atoms with E-state index in [1.807, 2.05) is 36.4 Å². The van der Waals surface area contributed by atoms with Gasteiger partial charge in [0.15, 0.2) is 0 Å². The molecule has 1 aliphatic heterocycles. The van der Waals surface area contributed by atoms with Crippen LogP contribution in [0.15, 0.2) is 48.5 Å². The van der Waals surface area contributed by atoms with Crippen LogP contribution in [0.3, 0.4) is 0 Å². The SMILES string of the molecule is CN1CCCN(c2cccc(-c3cccc(/C=C/C(=O)O)c3)n2)CC1. The smallest absolute Gasteiger partial charge is 0.328 e. The minimum absolute atomic E-state index is 0.850. The Kier molecular flexibility index (Phi) is 5.46. The molecule has 5 heteroatoms. The second-order valence-electron chi connectivity index (χ2n) is 6.32. The highest BCUT2D eigenvalue weighted by Crippen LogP contribution is 2.23. The van der Waals surface area contributed by atoms with E-state index in [9.17, 15) is 4.79 Å². The fraction of sp³-hybridized carbons (Fsp3) is 0.300. The minimum atomic E-state index is -0.948. The summed E-state index contributed by atoms with van der Waals surface area (Å²) >= 11 is 0. The predicted molar refractivity (Wildman–Crippen MR) is 101 cm³/mol. The molecule has 0 aliphatic carbocycles. The standard InChI is InChI=1S/C20H23N3O2/c1-22-11-4-12-23(14-13-22)19-8-3-7-18(21-19)17-6-2-5-16(15-17)9-10-20(24)25/h2-3,5-10,15H,4,11-14H2,1H3,(H,24,25)/b10-9+. The first-order valence-corrected chi connectivity index (χ1v) is 8.54. The monoisotopic (exact) mass is 337 g/mol. The number of hydrogen-bond donors (Lipinski definition) is 1. The van der Waals surface area contributed by atoms with E-state index in [-0.39, 0.29) is 0 Å². The molecule has 0 amide bonds. The van der Waals surface area contributed by atoms with Crippen molar-refractivity contribution in [3.05, 3.63) is 54.1 Å². The lowest BCUT2D eigenvalue weighted by Crippen LogP contribution is -2.29. The number of anilines is 1.